The first-order valence-corrected chi connectivity index (χ1v) is 19.8. The standard InChI is InChI=1S/C55H36N2/c1-3-18-37(19-4-1)40-22-7-8-23-41(40)44-25-10-14-31-51(44)56(38-20-5-2-6-21-38)39-34-35-43-42-24-9-12-28-47(42)55(50(43)36-39)48-29-13-16-33-53(48)57-52-32-15-11-26-45(52)46-27-17-30-49(55)54(46)57/h1-36H. The third-order valence-electron chi connectivity index (χ3n) is 12.4. The normalized spacial score (nSPS) is 14.7. The fourth-order valence-corrected chi connectivity index (χ4v) is 10.2. The molecule has 0 bridgehead atoms. The van der Waals surface area contributed by atoms with E-state index in [-0.39, 0.29) is 0 Å². The molecule has 2 aliphatic rings. The van der Waals surface area contributed by atoms with Gasteiger partial charge < -0.3 is 9.47 Å². The highest BCUT2D eigenvalue weighted by Gasteiger charge is 2.51. The number of nitrogens with zero attached hydrogens (tertiary/aromatic N) is 2. The second kappa shape index (κ2) is 12.3. The molecule has 1 aromatic heterocycles. The maximum absolute atomic E-state index is 2.52. The number of aromatic nitrogens is 1. The summed E-state index contributed by atoms with van der Waals surface area (Å²) in [7, 11) is 0. The van der Waals surface area contributed by atoms with Crippen molar-refractivity contribution in [3.63, 3.8) is 0 Å². The minimum absolute atomic E-state index is 0.537. The van der Waals surface area contributed by atoms with E-state index in [0.29, 0.717) is 0 Å². The van der Waals surface area contributed by atoms with E-state index >= 15 is 0 Å². The molecule has 2 nitrogen and oxygen atoms in total. The second-order valence-electron chi connectivity index (χ2n) is 15.2. The highest BCUT2D eigenvalue weighted by Crippen LogP contribution is 2.62. The van der Waals surface area contributed by atoms with Gasteiger partial charge in [0.2, 0.25) is 0 Å². The summed E-state index contributed by atoms with van der Waals surface area (Å²) >= 11 is 0. The molecule has 1 unspecified atom stereocenters. The maximum atomic E-state index is 2.52. The van der Waals surface area contributed by atoms with Crippen molar-refractivity contribution in [2.24, 2.45) is 0 Å². The van der Waals surface area contributed by atoms with Crippen LogP contribution in [0.5, 0.6) is 0 Å². The lowest BCUT2D eigenvalue weighted by Gasteiger charge is -2.40. The first-order chi connectivity index (χ1) is 28.3. The number of hydrogen-bond acceptors (Lipinski definition) is 1. The highest BCUT2D eigenvalue weighted by molar-refractivity contribution is 6.13. The fraction of sp³-hybridized carbons (Fsp3) is 0.0182. The van der Waals surface area contributed by atoms with Crippen molar-refractivity contribution in [3.8, 4) is 39.1 Å². The first-order valence-electron chi connectivity index (χ1n) is 19.8. The van der Waals surface area contributed by atoms with Gasteiger partial charge in [-0.05, 0) is 92.5 Å². The van der Waals surface area contributed by atoms with Gasteiger partial charge in [0.25, 0.3) is 0 Å². The van der Waals surface area contributed by atoms with E-state index in [2.05, 4.69) is 228 Å². The third-order valence-corrected chi connectivity index (χ3v) is 12.4. The smallest absolute Gasteiger partial charge is 0.0755 e. The summed E-state index contributed by atoms with van der Waals surface area (Å²) in [5.41, 5.74) is 19.2. The van der Waals surface area contributed by atoms with E-state index in [4.69, 9.17) is 0 Å². The van der Waals surface area contributed by atoms with E-state index < -0.39 is 5.41 Å². The van der Waals surface area contributed by atoms with E-state index in [0.717, 1.165) is 17.1 Å². The zero-order valence-electron chi connectivity index (χ0n) is 31.2. The zero-order chi connectivity index (χ0) is 37.5. The van der Waals surface area contributed by atoms with Crippen LogP contribution in [0.1, 0.15) is 22.3 Å². The quantitative estimate of drug-likeness (QED) is 0.172. The van der Waals surface area contributed by atoms with Gasteiger partial charge in [-0.25, -0.2) is 0 Å². The lowest BCUT2D eigenvalue weighted by Crippen LogP contribution is -2.33. The second-order valence-corrected chi connectivity index (χ2v) is 15.2. The summed E-state index contributed by atoms with van der Waals surface area (Å²) in [6.07, 6.45) is 0. The molecule has 57 heavy (non-hydrogen) atoms. The molecule has 9 aromatic carbocycles. The molecule has 1 spiro atoms. The fourth-order valence-electron chi connectivity index (χ4n) is 10.2. The summed E-state index contributed by atoms with van der Waals surface area (Å²) in [6.45, 7) is 0. The van der Waals surface area contributed by atoms with Crippen LogP contribution in [-0.2, 0) is 5.41 Å². The Morgan fingerprint density at radius 1 is 0.351 bits per heavy atom. The monoisotopic (exact) mass is 724 g/mol. The molecular formula is C55H36N2. The lowest BCUT2D eigenvalue weighted by atomic mass is 9.65. The van der Waals surface area contributed by atoms with Gasteiger partial charge in [0, 0.05) is 27.7 Å². The van der Waals surface area contributed by atoms with Gasteiger partial charge in [0.05, 0.1) is 27.8 Å². The van der Waals surface area contributed by atoms with Gasteiger partial charge in [-0.3, -0.25) is 0 Å². The van der Waals surface area contributed by atoms with E-state index in [1.807, 2.05) is 0 Å². The lowest BCUT2D eigenvalue weighted by molar-refractivity contribution is 0.748. The number of para-hydroxylation sites is 5. The Balaban J connectivity index is 1.16. The predicted molar refractivity (Wildman–Crippen MR) is 237 cm³/mol. The highest BCUT2D eigenvalue weighted by atomic mass is 15.1. The Morgan fingerprint density at radius 3 is 1.79 bits per heavy atom. The van der Waals surface area contributed by atoms with Crippen LogP contribution in [0.2, 0.25) is 0 Å². The zero-order valence-corrected chi connectivity index (χ0v) is 31.2. The molecule has 1 aliphatic heterocycles. The molecule has 0 fully saturated rings. The van der Waals surface area contributed by atoms with Crippen molar-refractivity contribution in [3.05, 3.63) is 241 Å². The molecule has 2 heterocycles. The number of rotatable bonds is 5. The molecule has 1 aliphatic carbocycles. The van der Waals surface area contributed by atoms with Crippen molar-refractivity contribution < 1.29 is 0 Å². The maximum Gasteiger partial charge on any atom is 0.0755 e. The summed E-state index contributed by atoms with van der Waals surface area (Å²) in [5, 5.41) is 2.57. The molecule has 0 saturated carbocycles. The van der Waals surface area contributed by atoms with Crippen molar-refractivity contribution >= 4 is 38.9 Å². The summed E-state index contributed by atoms with van der Waals surface area (Å²) < 4.78 is 2.52. The number of benzene rings is 9. The van der Waals surface area contributed by atoms with E-state index in [1.165, 1.54) is 83.1 Å². The van der Waals surface area contributed by atoms with Crippen LogP contribution in [0.3, 0.4) is 0 Å². The van der Waals surface area contributed by atoms with Gasteiger partial charge in [-0.15, -0.1) is 0 Å². The van der Waals surface area contributed by atoms with Crippen molar-refractivity contribution in [2.75, 3.05) is 4.90 Å². The average Bonchev–Trinajstić information content (AvgIpc) is 3.78. The van der Waals surface area contributed by atoms with Crippen LogP contribution in [0.15, 0.2) is 218 Å². The molecular weight excluding hydrogens is 689 g/mol. The van der Waals surface area contributed by atoms with Crippen LogP contribution in [-0.4, -0.2) is 4.57 Å². The summed E-state index contributed by atoms with van der Waals surface area (Å²) in [6, 6.07) is 80.5. The summed E-state index contributed by atoms with van der Waals surface area (Å²) in [4.78, 5) is 2.46. The van der Waals surface area contributed by atoms with Gasteiger partial charge >= 0.3 is 0 Å². The Bertz CT molecular complexity index is 3190. The van der Waals surface area contributed by atoms with Crippen molar-refractivity contribution in [1.29, 1.82) is 0 Å². The third kappa shape index (κ3) is 4.41. The molecule has 1 atom stereocenters. The minimum atomic E-state index is -0.537. The SMILES string of the molecule is c1ccc(-c2ccccc2-c2ccccc2N(c2ccccc2)c2ccc3c(c2)C2(c4ccccc4-3)c3ccccc3-n3c4ccccc4c4cccc2c43)cc1. The van der Waals surface area contributed by atoms with Crippen LogP contribution in [0.4, 0.5) is 17.1 Å². The number of fused-ring (bicyclic) bond motifs is 12. The predicted octanol–water partition coefficient (Wildman–Crippen LogP) is 14.3. The van der Waals surface area contributed by atoms with Crippen molar-refractivity contribution in [1.82, 2.24) is 4.57 Å². The van der Waals surface area contributed by atoms with Crippen molar-refractivity contribution in [2.45, 2.75) is 5.41 Å². The molecule has 0 amide bonds. The Morgan fingerprint density at radius 2 is 0.947 bits per heavy atom. The number of hydrogen-bond donors (Lipinski definition) is 0. The Kier molecular flexibility index (Phi) is 6.88. The van der Waals surface area contributed by atoms with Crippen LogP contribution in [0.25, 0.3) is 60.9 Å². The van der Waals surface area contributed by atoms with Crippen LogP contribution in [0, 0.1) is 0 Å². The van der Waals surface area contributed by atoms with Crippen LogP contribution >= 0.6 is 0 Å². The Hall–Kier alpha value is -7.42. The van der Waals surface area contributed by atoms with E-state index in [9.17, 15) is 0 Å². The molecule has 12 rings (SSSR count). The van der Waals surface area contributed by atoms with E-state index in [1.54, 1.807) is 0 Å². The molecule has 266 valence electrons. The Labute approximate surface area is 332 Å². The van der Waals surface area contributed by atoms with Gasteiger partial charge in [0.15, 0.2) is 0 Å². The molecule has 0 radical (unpaired) electrons. The minimum Gasteiger partial charge on any atom is -0.310 e. The van der Waals surface area contributed by atoms with Gasteiger partial charge in [-0.1, -0.05) is 176 Å². The first kappa shape index (κ1) is 31.9. The van der Waals surface area contributed by atoms with Gasteiger partial charge in [-0.2, -0.15) is 0 Å². The molecule has 10 aromatic rings. The van der Waals surface area contributed by atoms with Crippen LogP contribution < -0.4 is 4.90 Å². The number of anilines is 3. The average molecular weight is 725 g/mol. The largest absolute Gasteiger partial charge is 0.310 e. The summed E-state index contributed by atoms with van der Waals surface area (Å²) in [5.74, 6) is 0. The molecule has 0 N–H and O–H groups in total. The molecule has 0 saturated heterocycles. The topological polar surface area (TPSA) is 8.17 Å². The molecule has 2 heteroatoms. The van der Waals surface area contributed by atoms with Gasteiger partial charge in [0.1, 0.15) is 0 Å².